The van der Waals surface area contributed by atoms with Crippen molar-refractivity contribution >= 4 is 11.6 Å². The average Bonchev–Trinajstić information content (AvgIpc) is 3.11. The molecular formula is C21H18N2O2. The molecule has 1 aromatic heterocycles. The predicted octanol–water partition coefficient (Wildman–Crippen LogP) is 3.96. The molecule has 0 aliphatic carbocycles. The largest absolute Gasteiger partial charge is 0.496 e. The van der Waals surface area contributed by atoms with E-state index >= 15 is 0 Å². The first kappa shape index (κ1) is 15.4. The molecule has 0 radical (unpaired) electrons. The molecule has 4 heteroatoms. The molecule has 1 aliphatic heterocycles. The van der Waals surface area contributed by atoms with Gasteiger partial charge >= 0.3 is 0 Å². The Bertz CT molecular complexity index is 922. The minimum Gasteiger partial charge on any atom is -0.496 e. The Hall–Kier alpha value is -3.14. The summed E-state index contributed by atoms with van der Waals surface area (Å²) in [6.45, 7) is 0.687. The maximum Gasteiger partial charge on any atom is 0.262 e. The highest BCUT2D eigenvalue weighted by atomic mass is 16.5. The number of hydrogen-bond acceptors (Lipinski definition) is 3. The molecule has 0 bridgehead atoms. The lowest BCUT2D eigenvalue weighted by atomic mass is 10.0. The predicted molar refractivity (Wildman–Crippen MR) is 98.0 cm³/mol. The smallest absolute Gasteiger partial charge is 0.262 e. The average molecular weight is 330 g/mol. The van der Waals surface area contributed by atoms with Crippen LogP contribution in [0, 0.1) is 0 Å². The molecule has 1 amide bonds. The fourth-order valence-electron chi connectivity index (χ4n) is 3.30. The second-order valence-electron chi connectivity index (χ2n) is 5.99. The van der Waals surface area contributed by atoms with Crippen molar-refractivity contribution in [3.63, 3.8) is 0 Å². The molecule has 2 aromatic carbocycles. The molecule has 0 atom stereocenters. The molecule has 0 N–H and O–H groups in total. The quantitative estimate of drug-likeness (QED) is 0.730. The minimum atomic E-state index is -0.0205. The van der Waals surface area contributed by atoms with Crippen LogP contribution in [0.25, 0.3) is 11.1 Å². The number of benzene rings is 2. The number of rotatable bonds is 3. The summed E-state index contributed by atoms with van der Waals surface area (Å²) in [6, 6.07) is 17.6. The number of pyridine rings is 1. The number of nitrogens with zero attached hydrogens (tertiary/aromatic N) is 2. The van der Waals surface area contributed by atoms with E-state index in [4.69, 9.17) is 4.74 Å². The Morgan fingerprint density at radius 3 is 2.64 bits per heavy atom. The van der Waals surface area contributed by atoms with Gasteiger partial charge in [-0.1, -0.05) is 18.2 Å². The summed E-state index contributed by atoms with van der Waals surface area (Å²) in [5.41, 5.74) is 5.04. The number of hydrogen-bond donors (Lipinski definition) is 0. The number of aromatic nitrogens is 1. The number of fused-ring (bicyclic) bond motifs is 1. The van der Waals surface area contributed by atoms with Crippen LogP contribution in [-0.2, 0) is 6.42 Å². The van der Waals surface area contributed by atoms with Crippen LogP contribution in [-0.4, -0.2) is 24.5 Å². The van der Waals surface area contributed by atoms with Gasteiger partial charge in [0.15, 0.2) is 0 Å². The Morgan fingerprint density at radius 2 is 1.84 bits per heavy atom. The molecule has 0 saturated heterocycles. The zero-order chi connectivity index (χ0) is 17.2. The Kier molecular flexibility index (Phi) is 3.94. The number of carbonyl (C=O) groups is 1. The van der Waals surface area contributed by atoms with Gasteiger partial charge in [0, 0.05) is 24.6 Å². The van der Waals surface area contributed by atoms with Crippen molar-refractivity contribution in [3.8, 4) is 16.9 Å². The van der Waals surface area contributed by atoms with Gasteiger partial charge in [-0.2, -0.15) is 0 Å². The van der Waals surface area contributed by atoms with E-state index in [1.54, 1.807) is 19.5 Å². The molecule has 0 fully saturated rings. The SMILES string of the molecule is COc1ccccc1C(=O)N1CCc2cc(-c3ccncc3)ccc21. The Labute approximate surface area is 146 Å². The maximum atomic E-state index is 13.0. The lowest BCUT2D eigenvalue weighted by Gasteiger charge is -2.19. The third-order valence-electron chi connectivity index (χ3n) is 4.57. The molecule has 0 unspecified atom stereocenters. The van der Waals surface area contributed by atoms with Crippen molar-refractivity contribution in [1.82, 2.24) is 4.98 Å². The maximum absolute atomic E-state index is 13.0. The van der Waals surface area contributed by atoms with Crippen LogP contribution in [0.3, 0.4) is 0 Å². The molecule has 2 heterocycles. The van der Waals surface area contributed by atoms with Gasteiger partial charge in [0.1, 0.15) is 5.75 Å². The van der Waals surface area contributed by atoms with Crippen LogP contribution in [0.1, 0.15) is 15.9 Å². The number of methoxy groups -OCH3 is 1. The van der Waals surface area contributed by atoms with Gasteiger partial charge in [-0.15, -0.1) is 0 Å². The van der Waals surface area contributed by atoms with Gasteiger partial charge in [0.25, 0.3) is 5.91 Å². The number of para-hydroxylation sites is 1. The molecule has 0 spiro atoms. The van der Waals surface area contributed by atoms with E-state index in [1.807, 2.05) is 47.4 Å². The fraction of sp³-hybridized carbons (Fsp3) is 0.143. The third-order valence-corrected chi connectivity index (χ3v) is 4.57. The van der Waals surface area contributed by atoms with Crippen molar-refractivity contribution in [2.24, 2.45) is 0 Å². The summed E-state index contributed by atoms with van der Waals surface area (Å²) in [4.78, 5) is 18.9. The summed E-state index contributed by atoms with van der Waals surface area (Å²) >= 11 is 0. The molecule has 4 rings (SSSR count). The second kappa shape index (κ2) is 6.40. The van der Waals surface area contributed by atoms with Crippen molar-refractivity contribution in [3.05, 3.63) is 78.1 Å². The van der Waals surface area contributed by atoms with E-state index in [-0.39, 0.29) is 5.91 Å². The van der Waals surface area contributed by atoms with Gasteiger partial charge in [-0.05, 0) is 59.5 Å². The van der Waals surface area contributed by atoms with E-state index in [9.17, 15) is 4.79 Å². The first-order valence-corrected chi connectivity index (χ1v) is 8.26. The van der Waals surface area contributed by atoms with Crippen LogP contribution in [0.2, 0.25) is 0 Å². The van der Waals surface area contributed by atoms with E-state index in [2.05, 4.69) is 17.1 Å². The number of amides is 1. The van der Waals surface area contributed by atoms with Gasteiger partial charge in [-0.3, -0.25) is 9.78 Å². The van der Waals surface area contributed by atoms with Crippen LogP contribution >= 0.6 is 0 Å². The first-order valence-electron chi connectivity index (χ1n) is 8.26. The van der Waals surface area contributed by atoms with Crippen LogP contribution in [0.4, 0.5) is 5.69 Å². The highest BCUT2D eigenvalue weighted by molar-refractivity contribution is 6.09. The van der Waals surface area contributed by atoms with E-state index in [0.29, 0.717) is 17.9 Å². The van der Waals surface area contributed by atoms with Crippen LogP contribution in [0.15, 0.2) is 67.0 Å². The molecule has 4 nitrogen and oxygen atoms in total. The summed E-state index contributed by atoms with van der Waals surface area (Å²) in [7, 11) is 1.59. The van der Waals surface area contributed by atoms with E-state index in [1.165, 1.54) is 5.56 Å². The van der Waals surface area contributed by atoms with Gasteiger partial charge in [0.05, 0.1) is 12.7 Å². The monoisotopic (exact) mass is 330 g/mol. The van der Waals surface area contributed by atoms with Gasteiger partial charge in [0.2, 0.25) is 0 Å². The van der Waals surface area contributed by atoms with Crippen molar-refractivity contribution in [2.45, 2.75) is 6.42 Å². The highest BCUT2D eigenvalue weighted by Gasteiger charge is 2.27. The standard InChI is InChI=1S/C21H18N2O2/c1-25-20-5-3-2-4-18(20)21(24)23-13-10-17-14-16(6-7-19(17)23)15-8-11-22-12-9-15/h2-9,11-12,14H,10,13H2,1H3. The summed E-state index contributed by atoms with van der Waals surface area (Å²) in [5, 5.41) is 0. The summed E-state index contributed by atoms with van der Waals surface area (Å²) in [6.07, 6.45) is 4.44. The van der Waals surface area contributed by atoms with Crippen LogP contribution in [0.5, 0.6) is 5.75 Å². The summed E-state index contributed by atoms with van der Waals surface area (Å²) < 4.78 is 5.34. The van der Waals surface area contributed by atoms with Crippen LogP contribution < -0.4 is 9.64 Å². The molecule has 1 aliphatic rings. The topological polar surface area (TPSA) is 42.4 Å². The van der Waals surface area contributed by atoms with Crippen molar-refractivity contribution in [1.29, 1.82) is 0 Å². The van der Waals surface area contributed by atoms with Crippen molar-refractivity contribution < 1.29 is 9.53 Å². The number of ether oxygens (including phenoxy) is 1. The molecule has 3 aromatic rings. The lowest BCUT2D eigenvalue weighted by molar-refractivity contribution is 0.0986. The zero-order valence-electron chi connectivity index (χ0n) is 14.0. The van der Waals surface area contributed by atoms with E-state index in [0.717, 1.165) is 23.2 Å². The van der Waals surface area contributed by atoms with E-state index < -0.39 is 0 Å². The normalized spacial score (nSPS) is 12.8. The molecule has 25 heavy (non-hydrogen) atoms. The number of anilines is 1. The molecule has 0 saturated carbocycles. The Balaban J connectivity index is 1.67. The zero-order valence-corrected chi connectivity index (χ0v) is 14.0. The lowest BCUT2D eigenvalue weighted by Crippen LogP contribution is -2.29. The first-order chi connectivity index (χ1) is 12.3. The third kappa shape index (κ3) is 2.76. The molecule has 124 valence electrons. The van der Waals surface area contributed by atoms with Crippen molar-refractivity contribution in [2.75, 3.05) is 18.6 Å². The summed E-state index contributed by atoms with van der Waals surface area (Å²) in [5.74, 6) is 0.585. The Morgan fingerprint density at radius 1 is 1.04 bits per heavy atom. The fourth-order valence-corrected chi connectivity index (χ4v) is 3.30. The van der Waals surface area contributed by atoms with Gasteiger partial charge in [-0.25, -0.2) is 0 Å². The second-order valence-corrected chi connectivity index (χ2v) is 5.99. The number of carbonyl (C=O) groups excluding carboxylic acids is 1. The minimum absolute atomic E-state index is 0.0205. The molecular weight excluding hydrogens is 312 g/mol. The highest BCUT2D eigenvalue weighted by Crippen LogP contribution is 2.34. The van der Waals surface area contributed by atoms with Gasteiger partial charge < -0.3 is 9.64 Å².